The zero-order chi connectivity index (χ0) is 28.4. The largest absolute Gasteiger partial charge is 0.507 e. The first-order valence-corrected chi connectivity index (χ1v) is 12.7. The Hall–Kier alpha value is -4.81. The third-order valence-electron chi connectivity index (χ3n) is 5.94. The fraction of sp³-hybridized carbons (Fsp3) is 0.107. The number of aromatic hydroxyl groups is 1. The molecule has 0 fully saturated rings. The molecule has 0 saturated carbocycles. The number of thioether (sulfide) groups is 1. The molecule has 1 unspecified atom stereocenters. The Bertz CT molecular complexity index is 1770. The number of carbonyl (C=O) groups is 1. The van der Waals surface area contributed by atoms with Crippen LogP contribution in [0, 0.1) is 22.9 Å². The summed E-state index contributed by atoms with van der Waals surface area (Å²) in [7, 11) is 0. The van der Waals surface area contributed by atoms with Crippen molar-refractivity contribution in [2.24, 2.45) is 4.99 Å². The van der Waals surface area contributed by atoms with Gasteiger partial charge in [0.25, 0.3) is 0 Å². The van der Waals surface area contributed by atoms with E-state index >= 15 is 0 Å². The highest BCUT2D eigenvalue weighted by Crippen LogP contribution is 2.39. The zero-order valence-electron chi connectivity index (χ0n) is 20.8. The topological polar surface area (TPSA) is 144 Å². The highest BCUT2D eigenvalue weighted by Gasteiger charge is 2.24. The van der Waals surface area contributed by atoms with Crippen molar-refractivity contribution >= 4 is 45.0 Å². The lowest BCUT2D eigenvalue weighted by Gasteiger charge is -2.22. The van der Waals surface area contributed by atoms with E-state index in [2.05, 4.69) is 10.3 Å². The Morgan fingerprint density at radius 1 is 1.20 bits per heavy atom. The van der Waals surface area contributed by atoms with Crippen LogP contribution in [0.4, 0.5) is 10.1 Å². The van der Waals surface area contributed by atoms with Crippen molar-refractivity contribution in [3.05, 3.63) is 116 Å². The second kappa shape index (κ2) is 11.1. The number of fused-ring (bicyclic) bond motifs is 1. The maximum absolute atomic E-state index is 13.5. The lowest BCUT2D eigenvalue weighted by molar-refractivity contribution is -0.385. The summed E-state index contributed by atoms with van der Waals surface area (Å²) in [5.41, 5.74) is 0.332. The Balaban J connectivity index is 1.38. The first kappa shape index (κ1) is 26.8. The smallest absolute Gasteiger partial charge is 0.336 e. The number of rotatable bonds is 7. The number of phenolic OH excluding ortho intramolecular Hbond substituents is 1. The molecule has 2 N–H and O–H groups in total. The lowest BCUT2D eigenvalue weighted by atomic mass is 10.1. The summed E-state index contributed by atoms with van der Waals surface area (Å²) in [5.74, 6) is -1.59. The third kappa shape index (κ3) is 5.77. The van der Waals surface area contributed by atoms with Crippen LogP contribution in [0.1, 0.15) is 16.7 Å². The van der Waals surface area contributed by atoms with Gasteiger partial charge in [0.2, 0.25) is 5.75 Å². The second-order valence-corrected chi connectivity index (χ2v) is 9.82. The standard InChI is InChI=1S/C28H20FN3O7S/c1-15-10-26(34)38-23-13-24(21(32(36)37)11-19(15)23)39-27(35)14-30-28-31-20(16-6-8-17(29)9-7-16)12-25(40-28)18-4-2-3-5-22(18)33/h2-13,28,30,33H,14H2,1H3. The first-order chi connectivity index (χ1) is 19.2. The minimum absolute atomic E-state index is 0.0418. The molecule has 0 radical (unpaired) electrons. The van der Waals surface area contributed by atoms with Crippen LogP contribution in [0.25, 0.3) is 15.9 Å². The van der Waals surface area contributed by atoms with E-state index in [-0.39, 0.29) is 17.1 Å². The molecule has 12 heteroatoms. The van der Waals surface area contributed by atoms with Gasteiger partial charge < -0.3 is 14.3 Å². The van der Waals surface area contributed by atoms with Crippen LogP contribution in [0.5, 0.6) is 11.5 Å². The van der Waals surface area contributed by atoms with Gasteiger partial charge in [0.15, 0.2) is 5.50 Å². The predicted octanol–water partition coefficient (Wildman–Crippen LogP) is 4.91. The molecule has 1 aliphatic heterocycles. The molecular formula is C28H20FN3O7S. The number of phenols is 1. The number of aryl methyl sites for hydroxylation is 1. The summed E-state index contributed by atoms with van der Waals surface area (Å²) in [5, 5.41) is 25.3. The van der Waals surface area contributed by atoms with Crippen LogP contribution in [0.3, 0.4) is 0 Å². The van der Waals surface area contributed by atoms with Crippen molar-refractivity contribution in [3.63, 3.8) is 0 Å². The monoisotopic (exact) mass is 561 g/mol. The maximum atomic E-state index is 13.5. The molecule has 0 bridgehead atoms. The van der Waals surface area contributed by atoms with Crippen molar-refractivity contribution in [1.82, 2.24) is 5.32 Å². The van der Waals surface area contributed by atoms with Crippen molar-refractivity contribution in [2.45, 2.75) is 12.4 Å². The van der Waals surface area contributed by atoms with Crippen LogP contribution in [0.15, 0.2) is 87.0 Å². The van der Waals surface area contributed by atoms with Gasteiger partial charge in [-0.1, -0.05) is 30.0 Å². The third-order valence-corrected chi connectivity index (χ3v) is 7.03. The Kier molecular flexibility index (Phi) is 7.45. The van der Waals surface area contributed by atoms with Crippen LogP contribution in [-0.4, -0.2) is 33.8 Å². The molecule has 1 aromatic heterocycles. The number of ether oxygens (including phenoxy) is 1. The van der Waals surface area contributed by atoms with E-state index in [0.29, 0.717) is 32.7 Å². The number of nitrogens with one attached hydrogen (secondary N) is 1. The van der Waals surface area contributed by atoms with E-state index in [4.69, 9.17) is 9.15 Å². The van der Waals surface area contributed by atoms with Crippen LogP contribution in [0.2, 0.25) is 0 Å². The molecule has 1 atom stereocenters. The number of halogens is 1. The molecule has 4 aromatic rings. The van der Waals surface area contributed by atoms with Gasteiger partial charge in [-0.05, 0) is 48.9 Å². The van der Waals surface area contributed by atoms with Gasteiger partial charge in [0.05, 0.1) is 17.2 Å². The number of nitro groups is 1. The summed E-state index contributed by atoms with van der Waals surface area (Å²) < 4.78 is 23.9. The summed E-state index contributed by atoms with van der Waals surface area (Å²) in [6.07, 6.45) is 1.75. The molecule has 0 amide bonds. The summed E-state index contributed by atoms with van der Waals surface area (Å²) in [4.78, 5) is 40.7. The van der Waals surface area contributed by atoms with Crippen molar-refractivity contribution < 1.29 is 28.4 Å². The zero-order valence-corrected chi connectivity index (χ0v) is 21.6. The number of carbonyl (C=O) groups excluding carboxylic acids is 1. The number of allylic oxidation sites excluding steroid dienone is 1. The number of para-hydroxylation sites is 1. The van der Waals surface area contributed by atoms with Crippen LogP contribution in [-0.2, 0) is 4.79 Å². The predicted molar refractivity (Wildman–Crippen MR) is 148 cm³/mol. The molecular weight excluding hydrogens is 541 g/mol. The second-order valence-electron chi connectivity index (χ2n) is 8.69. The summed E-state index contributed by atoms with van der Waals surface area (Å²) in [6, 6.07) is 16.0. The minimum Gasteiger partial charge on any atom is -0.507 e. The molecule has 3 aromatic carbocycles. The molecule has 202 valence electrons. The van der Waals surface area contributed by atoms with Crippen molar-refractivity contribution in [1.29, 1.82) is 0 Å². The van der Waals surface area contributed by atoms with E-state index in [1.165, 1.54) is 36.0 Å². The average molecular weight is 562 g/mol. The first-order valence-electron chi connectivity index (χ1n) is 11.9. The quantitative estimate of drug-likeness (QED) is 0.106. The van der Waals surface area contributed by atoms with Gasteiger partial charge in [0.1, 0.15) is 17.1 Å². The number of esters is 1. The highest BCUT2D eigenvalue weighted by atomic mass is 32.2. The molecule has 0 aliphatic carbocycles. The van der Waals surface area contributed by atoms with E-state index in [1.807, 2.05) is 0 Å². The highest BCUT2D eigenvalue weighted by molar-refractivity contribution is 8.08. The van der Waals surface area contributed by atoms with E-state index in [1.54, 1.807) is 49.4 Å². The Morgan fingerprint density at radius 2 is 1.95 bits per heavy atom. The number of nitrogens with zero attached hydrogens (tertiary/aromatic N) is 2. The van der Waals surface area contributed by atoms with Gasteiger partial charge in [-0.3, -0.25) is 25.2 Å². The van der Waals surface area contributed by atoms with Gasteiger partial charge in [-0.15, -0.1) is 0 Å². The normalized spacial score (nSPS) is 14.9. The molecule has 2 heterocycles. The fourth-order valence-corrected chi connectivity index (χ4v) is 5.10. The number of aliphatic imine (C=N–C) groups is 1. The molecule has 10 nitrogen and oxygen atoms in total. The summed E-state index contributed by atoms with van der Waals surface area (Å²) in [6.45, 7) is 1.22. The molecule has 0 spiro atoms. The minimum atomic E-state index is -0.852. The summed E-state index contributed by atoms with van der Waals surface area (Å²) >= 11 is 1.22. The SMILES string of the molecule is Cc1cc(=O)oc2cc(OC(=O)CNC3N=C(c4ccc(F)cc4)C=C(c4ccccc4O)S3)c([N+](=O)[O-])cc12. The molecule has 40 heavy (non-hydrogen) atoms. The average Bonchev–Trinajstić information content (AvgIpc) is 2.92. The van der Waals surface area contributed by atoms with Gasteiger partial charge in [0, 0.05) is 39.6 Å². The van der Waals surface area contributed by atoms with Crippen molar-refractivity contribution in [2.75, 3.05) is 6.54 Å². The van der Waals surface area contributed by atoms with E-state index in [9.17, 15) is 29.2 Å². The van der Waals surface area contributed by atoms with Crippen LogP contribution >= 0.6 is 11.8 Å². The van der Waals surface area contributed by atoms with Gasteiger partial charge in [-0.2, -0.15) is 0 Å². The molecule has 1 aliphatic rings. The molecule has 5 rings (SSSR count). The maximum Gasteiger partial charge on any atom is 0.336 e. The fourth-order valence-electron chi connectivity index (χ4n) is 4.05. The number of hydrogen-bond donors (Lipinski definition) is 2. The van der Waals surface area contributed by atoms with Crippen LogP contribution < -0.4 is 15.7 Å². The number of hydrogen-bond acceptors (Lipinski definition) is 10. The number of benzene rings is 3. The van der Waals surface area contributed by atoms with E-state index < -0.39 is 40.1 Å². The number of nitro benzene ring substituents is 1. The Morgan fingerprint density at radius 3 is 2.67 bits per heavy atom. The Labute approximate surface area is 230 Å². The van der Waals surface area contributed by atoms with Crippen molar-refractivity contribution in [3.8, 4) is 11.5 Å². The van der Waals surface area contributed by atoms with Gasteiger partial charge in [-0.25, -0.2) is 9.18 Å². The molecule has 0 saturated heterocycles. The van der Waals surface area contributed by atoms with Gasteiger partial charge >= 0.3 is 17.3 Å². The lowest BCUT2D eigenvalue weighted by Crippen LogP contribution is -2.34. The van der Waals surface area contributed by atoms with E-state index in [0.717, 1.165) is 6.07 Å².